The van der Waals surface area contributed by atoms with E-state index in [4.69, 9.17) is 16.3 Å². The number of ether oxygens (including phenoxy) is 1. The van der Waals surface area contributed by atoms with Gasteiger partial charge >= 0.3 is 0 Å². The molecule has 2 aromatic carbocycles. The first-order valence-electron chi connectivity index (χ1n) is 7.35. The predicted octanol–water partition coefficient (Wildman–Crippen LogP) is 4.17. The fraction of sp³-hybridized carbons (Fsp3) is 0.278. The zero-order valence-corrected chi connectivity index (χ0v) is 13.1. The number of methoxy groups -OCH3 is 1. The zero-order valence-electron chi connectivity index (χ0n) is 12.4. The van der Waals surface area contributed by atoms with E-state index in [2.05, 4.69) is 17.4 Å². The maximum absolute atomic E-state index is 12.3. The number of carbonyl (C=O) groups excluding carboxylic acids is 1. The van der Waals surface area contributed by atoms with Crippen LogP contribution in [-0.2, 0) is 11.2 Å². The van der Waals surface area contributed by atoms with Crippen LogP contribution in [0.2, 0.25) is 5.02 Å². The number of hydrogen-bond acceptors (Lipinski definition) is 2. The van der Waals surface area contributed by atoms with Gasteiger partial charge in [0.1, 0.15) is 5.75 Å². The van der Waals surface area contributed by atoms with Crippen LogP contribution >= 0.6 is 11.6 Å². The van der Waals surface area contributed by atoms with Crippen molar-refractivity contribution in [3.8, 4) is 5.75 Å². The van der Waals surface area contributed by atoms with E-state index < -0.39 is 0 Å². The molecule has 2 atom stereocenters. The van der Waals surface area contributed by atoms with E-state index >= 15 is 0 Å². The summed E-state index contributed by atoms with van der Waals surface area (Å²) < 4.78 is 5.25. The van der Waals surface area contributed by atoms with E-state index in [9.17, 15) is 4.79 Å². The largest absolute Gasteiger partial charge is 0.495 e. The molecular weight excluding hydrogens is 298 g/mol. The lowest BCUT2D eigenvalue weighted by Crippen LogP contribution is -2.15. The van der Waals surface area contributed by atoms with Crippen molar-refractivity contribution < 1.29 is 9.53 Å². The number of halogens is 1. The Morgan fingerprint density at radius 2 is 2.05 bits per heavy atom. The van der Waals surface area contributed by atoms with Gasteiger partial charge in [0, 0.05) is 10.9 Å². The van der Waals surface area contributed by atoms with E-state index in [0.29, 0.717) is 22.4 Å². The van der Waals surface area contributed by atoms with E-state index in [-0.39, 0.29) is 11.8 Å². The van der Waals surface area contributed by atoms with Crippen molar-refractivity contribution in [3.05, 3.63) is 59.1 Å². The average Bonchev–Trinajstić information content (AvgIpc) is 3.28. The fourth-order valence-electron chi connectivity index (χ4n) is 2.71. The maximum atomic E-state index is 12.3. The fourth-order valence-corrected chi connectivity index (χ4v) is 2.89. The Morgan fingerprint density at radius 1 is 1.27 bits per heavy atom. The highest BCUT2D eigenvalue weighted by molar-refractivity contribution is 6.31. The Labute approximate surface area is 135 Å². The minimum atomic E-state index is 0.0431. The molecule has 0 unspecified atom stereocenters. The lowest BCUT2D eigenvalue weighted by atomic mass is 10.1. The summed E-state index contributed by atoms with van der Waals surface area (Å²) in [7, 11) is 1.58. The van der Waals surface area contributed by atoms with Gasteiger partial charge in [-0.25, -0.2) is 0 Å². The first-order valence-corrected chi connectivity index (χ1v) is 7.73. The van der Waals surface area contributed by atoms with Crippen LogP contribution in [0.25, 0.3) is 0 Å². The van der Waals surface area contributed by atoms with E-state index in [1.807, 2.05) is 18.2 Å². The molecule has 3 nitrogen and oxygen atoms in total. The average molecular weight is 316 g/mol. The molecular formula is C18H18ClNO2. The van der Waals surface area contributed by atoms with Crippen LogP contribution < -0.4 is 10.1 Å². The molecule has 1 amide bonds. The zero-order chi connectivity index (χ0) is 15.5. The summed E-state index contributed by atoms with van der Waals surface area (Å²) in [5, 5.41) is 3.51. The van der Waals surface area contributed by atoms with Crippen LogP contribution in [-0.4, -0.2) is 13.0 Å². The van der Waals surface area contributed by atoms with Gasteiger partial charge in [-0.2, -0.15) is 0 Å². The quantitative estimate of drug-likeness (QED) is 0.899. The van der Waals surface area contributed by atoms with Gasteiger partial charge in [-0.3, -0.25) is 4.79 Å². The standard InChI is InChI=1S/C18H18ClNO2/c1-22-17-8-7-14(19)11-16(17)20-18(21)15-10-13(15)9-12-5-3-2-4-6-12/h2-8,11,13,15H,9-10H2,1H3,(H,20,21)/t13-,15-/m1/s1. The van der Waals surface area contributed by atoms with Crippen molar-refractivity contribution in [2.45, 2.75) is 12.8 Å². The van der Waals surface area contributed by atoms with Gasteiger partial charge in [-0.05, 0) is 42.5 Å². The summed E-state index contributed by atoms with van der Waals surface area (Å²) in [6.07, 6.45) is 1.88. The van der Waals surface area contributed by atoms with Gasteiger partial charge in [0.15, 0.2) is 0 Å². The Hall–Kier alpha value is -2.00. The molecule has 1 aliphatic carbocycles. The number of carbonyl (C=O) groups is 1. The van der Waals surface area contributed by atoms with E-state index in [1.54, 1.807) is 25.3 Å². The summed E-state index contributed by atoms with van der Waals surface area (Å²) in [4.78, 5) is 12.3. The topological polar surface area (TPSA) is 38.3 Å². The Morgan fingerprint density at radius 3 is 2.77 bits per heavy atom. The van der Waals surface area contributed by atoms with Gasteiger partial charge in [0.05, 0.1) is 12.8 Å². The lowest BCUT2D eigenvalue weighted by Gasteiger charge is -2.10. The molecule has 3 rings (SSSR count). The summed E-state index contributed by atoms with van der Waals surface area (Å²) in [5.41, 5.74) is 1.91. The van der Waals surface area contributed by atoms with Gasteiger partial charge in [0.25, 0.3) is 0 Å². The highest BCUT2D eigenvalue weighted by Gasteiger charge is 2.42. The number of benzene rings is 2. The predicted molar refractivity (Wildman–Crippen MR) is 88.4 cm³/mol. The van der Waals surface area contributed by atoms with Crippen molar-refractivity contribution in [2.75, 3.05) is 12.4 Å². The molecule has 114 valence electrons. The molecule has 1 fully saturated rings. The molecule has 0 spiro atoms. The second kappa shape index (κ2) is 6.41. The Bertz CT molecular complexity index is 672. The second-order valence-electron chi connectivity index (χ2n) is 5.63. The van der Waals surface area contributed by atoms with E-state index in [0.717, 1.165) is 12.8 Å². The summed E-state index contributed by atoms with van der Waals surface area (Å²) in [5.74, 6) is 1.16. The number of amides is 1. The van der Waals surface area contributed by atoms with Crippen LogP contribution in [0.15, 0.2) is 48.5 Å². The third kappa shape index (κ3) is 3.42. The van der Waals surface area contributed by atoms with Crippen molar-refractivity contribution in [1.82, 2.24) is 0 Å². The smallest absolute Gasteiger partial charge is 0.227 e. The SMILES string of the molecule is COc1ccc(Cl)cc1NC(=O)[C@@H]1C[C@H]1Cc1ccccc1. The molecule has 1 N–H and O–H groups in total. The molecule has 1 aliphatic rings. The number of nitrogens with one attached hydrogen (secondary N) is 1. The van der Waals surface area contributed by atoms with Crippen molar-refractivity contribution >= 4 is 23.2 Å². The van der Waals surface area contributed by atoms with Crippen molar-refractivity contribution in [3.63, 3.8) is 0 Å². The van der Waals surface area contributed by atoms with Crippen LogP contribution in [0.5, 0.6) is 5.75 Å². The molecule has 0 heterocycles. The molecule has 22 heavy (non-hydrogen) atoms. The summed E-state index contributed by atoms with van der Waals surface area (Å²) in [6, 6.07) is 15.5. The maximum Gasteiger partial charge on any atom is 0.227 e. The third-order valence-electron chi connectivity index (χ3n) is 4.02. The number of hydrogen-bond donors (Lipinski definition) is 1. The molecule has 1 saturated carbocycles. The van der Waals surface area contributed by atoms with Crippen molar-refractivity contribution in [2.24, 2.45) is 11.8 Å². The summed E-state index contributed by atoms with van der Waals surface area (Å²) >= 11 is 5.98. The van der Waals surface area contributed by atoms with Crippen molar-refractivity contribution in [1.29, 1.82) is 0 Å². The molecule has 4 heteroatoms. The van der Waals surface area contributed by atoms with Gasteiger partial charge in [-0.15, -0.1) is 0 Å². The molecule has 0 bridgehead atoms. The monoisotopic (exact) mass is 315 g/mol. The Balaban J connectivity index is 1.61. The van der Waals surface area contributed by atoms with Gasteiger partial charge < -0.3 is 10.1 Å². The number of anilines is 1. The van der Waals surface area contributed by atoms with Gasteiger partial charge in [-0.1, -0.05) is 41.9 Å². The molecule has 0 saturated heterocycles. The van der Waals surface area contributed by atoms with Crippen LogP contribution in [0.1, 0.15) is 12.0 Å². The first kappa shape index (κ1) is 14.9. The highest BCUT2D eigenvalue weighted by atomic mass is 35.5. The van der Waals surface area contributed by atoms with Gasteiger partial charge in [0.2, 0.25) is 5.91 Å². The second-order valence-corrected chi connectivity index (χ2v) is 6.06. The first-order chi connectivity index (χ1) is 10.7. The van der Waals surface area contributed by atoms with Crippen LogP contribution in [0.4, 0.5) is 5.69 Å². The minimum Gasteiger partial charge on any atom is -0.495 e. The third-order valence-corrected chi connectivity index (χ3v) is 4.25. The van der Waals surface area contributed by atoms with Crippen LogP contribution in [0.3, 0.4) is 0 Å². The van der Waals surface area contributed by atoms with Crippen LogP contribution in [0, 0.1) is 11.8 Å². The minimum absolute atomic E-state index is 0.0431. The Kier molecular flexibility index (Phi) is 4.34. The number of rotatable bonds is 5. The normalized spacial score (nSPS) is 19.5. The molecule has 0 aromatic heterocycles. The molecule has 2 aromatic rings. The molecule has 0 aliphatic heterocycles. The van der Waals surface area contributed by atoms with E-state index in [1.165, 1.54) is 5.56 Å². The molecule has 0 radical (unpaired) electrons. The highest BCUT2D eigenvalue weighted by Crippen LogP contribution is 2.42. The lowest BCUT2D eigenvalue weighted by molar-refractivity contribution is -0.117. The summed E-state index contributed by atoms with van der Waals surface area (Å²) in [6.45, 7) is 0.